The van der Waals surface area contributed by atoms with Gasteiger partial charge in [-0.15, -0.1) is 0 Å². The van der Waals surface area contributed by atoms with Crippen molar-refractivity contribution in [3.8, 4) is 0 Å². The monoisotopic (exact) mass is 273 g/mol. The summed E-state index contributed by atoms with van der Waals surface area (Å²) in [6, 6.07) is 8.87. The van der Waals surface area contributed by atoms with Gasteiger partial charge in [-0.05, 0) is 36.1 Å². The smallest absolute Gasteiger partial charge is 0.276 e. The number of nitrogens with zero attached hydrogens (tertiary/aromatic N) is 1. The van der Waals surface area contributed by atoms with Crippen molar-refractivity contribution in [3.63, 3.8) is 0 Å². The van der Waals surface area contributed by atoms with Crippen LogP contribution < -0.4 is 5.32 Å². The van der Waals surface area contributed by atoms with Crippen molar-refractivity contribution in [1.82, 2.24) is 10.2 Å². The highest BCUT2D eigenvalue weighted by atomic mass is 16.3. The molecular formula is C15H19N3O2. The van der Waals surface area contributed by atoms with Crippen molar-refractivity contribution in [2.45, 2.75) is 26.9 Å². The van der Waals surface area contributed by atoms with Crippen LogP contribution in [0.3, 0.4) is 0 Å². The molecule has 5 nitrogen and oxygen atoms in total. The largest absolute Gasteiger partial charge is 0.392 e. The Morgan fingerprint density at radius 1 is 1.40 bits per heavy atom. The second-order valence-corrected chi connectivity index (χ2v) is 5.19. The predicted octanol–water partition coefficient (Wildman–Crippen LogP) is 2.35. The van der Waals surface area contributed by atoms with Crippen LogP contribution in [0.25, 0.3) is 0 Å². The van der Waals surface area contributed by atoms with E-state index in [1.807, 2.05) is 0 Å². The van der Waals surface area contributed by atoms with E-state index < -0.39 is 0 Å². The molecule has 0 saturated heterocycles. The van der Waals surface area contributed by atoms with E-state index in [0.29, 0.717) is 17.3 Å². The third-order valence-corrected chi connectivity index (χ3v) is 2.86. The van der Waals surface area contributed by atoms with E-state index in [1.54, 1.807) is 30.3 Å². The lowest BCUT2D eigenvalue weighted by molar-refractivity contribution is 0.102. The molecule has 5 heteroatoms. The Kier molecular flexibility index (Phi) is 4.53. The second kappa shape index (κ2) is 6.34. The highest BCUT2D eigenvalue weighted by Gasteiger charge is 2.11. The van der Waals surface area contributed by atoms with Gasteiger partial charge in [0.15, 0.2) is 5.69 Å². The van der Waals surface area contributed by atoms with Crippen molar-refractivity contribution >= 4 is 11.6 Å². The zero-order valence-electron chi connectivity index (χ0n) is 11.7. The molecule has 1 amide bonds. The first-order valence-electron chi connectivity index (χ1n) is 6.64. The third-order valence-electron chi connectivity index (χ3n) is 2.86. The molecule has 0 radical (unpaired) electrons. The van der Waals surface area contributed by atoms with Gasteiger partial charge in [-0.25, -0.2) is 0 Å². The number of aliphatic hydroxyl groups excluding tert-OH is 1. The maximum atomic E-state index is 12.1. The van der Waals surface area contributed by atoms with Crippen LogP contribution in [-0.4, -0.2) is 21.2 Å². The minimum Gasteiger partial charge on any atom is -0.392 e. The Morgan fingerprint density at radius 2 is 2.20 bits per heavy atom. The molecule has 1 aromatic heterocycles. The molecule has 0 saturated carbocycles. The predicted molar refractivity (Wildman–Crippen MR) is 77.4 cm³/mol. The molecule has 2 aromatic rings. The highest BCUT2D eigenvalue weighted by molar-refractivity contribution is 6.02. The number of rotatable bonds is 5. The molecule has 2 rings (SSSR count). The molecular weight excluding hydrogens is 254 g/mol. The van der Waals surface area contributed by atoms with Gasteiger partial charge in [0, 0.05) is 11.4 Å². The van der Waals surface area contributed by atoms with Crippen LogP contribution in [-0.2, 0) is 13.0 Å². The normalized spacial score (nSPS) is 10.8. The zero-order chi connectivity index (χ0) is 14.5. The number of nitrogens with one attached hydrogen (secondary N) is 2. The number of hydrogen-bond acceptors (Lipinski definition) is 3. The van der Waals surface area contributed by atoms with Crippen LogP contribution in [0, 0.1) is 5.92 Å². The topological polar surface area (TPSA) is 78.0 Å². The van der Waals surface area contributed by atoms with Gasteiger partial charge in [0.05, 0.1) is 6.61 Å². The van der Waals surface area contributed by atoms with Crippen LogP contribution in [0.4, 0.5) is 5.69 Å². The third kappa shape index (κ3) is 3.68. The number of benzene rings is 1. The lowest BCUT2D eigenvalue weighted by atomic mass is 10.1. The second-order valence-electron chi connectivity index (χ2n) is 5.19. The van der Waals surface area contributed by atoms with Gasteiger partial charge in [-0.2, -0.15) is 5.10 Å². The van der Waals surface area contributed by atoms with Gasteiger partial charge in [0.1, 0.15) is 0 Å². The van der Waals surface area contributed by atoms with Crippen molar-refractivity contribution in [2.75, 3.05) is 5.32 Å². The summed E-state index contributed by atoms with van der Waals surface area (Å²) < 4.78 is 0. The number of aromatic amines is 1. The van der Waals surface area contributed by atoms with Crippen molar-refractivity contribution in [1.29, 1.82) is 0 Å². The number of carbonyl (C=O) groups is 1. The lowest BCUT2D eigenvalue weighted by Crippen LogP contribution is -2.12. The molecule has 0 bridgehead atoms. The fraction of sp³-hybridized carbons (Fsp3) is 0.333. The van der Waals surface area contributed by atoms with Gasteiger partial charge in [-0.1, -0.05) is 26.0 Å². The lowest BCUT2D eigenvalue weighted by Gasteiger charge is -2.04. The van der Waals surface area contributed by atoms with Crippen molar-refractivity contribution in [3.05, 3.63) is 47.3 Å². The molecule has 1 aromatic carbocycles. The molecule has 0 unspecified atom stereocenters. The summed E-state index contributed by atoms with van der Waals surface area (Å²) in [5.41, 5.74) is 2.73. The summed E-state index contributed by atoms with van der Waals surface area (Å²) in [4.78, 5) is 12.1. The van der Waals surface area contributed by atoms with Crippen LogP contribution in [0.2, 0.25) is 0 Å². The fourth-order valence-electron chi connectivity index (χ4n) is 1.96. The van der Waals surface area contributed by atoms with E-state index in [2.05, 4.69) is 29.4 Å². The summed E-state index contributed by atoms with van der Waals surface area (Å²) >= 11 is 0. The fourth-order valence-corrected chi connectivity index (χ4v) is 1.96. The molecule has 3 N–H and O–H groups in total. The zero-order valence-corrected chi connectivity index (χ0v) is 11.7. The minimum atomic E-state index is -0.258. The maximum absolute atomic E-state index is 12.1. The van der Waals surface area contributed by atoms with Crippen LogP contribution in [0.1, 0.15) is 35.6 Å². The molecule has 1 heterocycles. The molecule has 0 spiro atoms. The summed E-state index contributed by atoms with van der Waals surface area (Å²) in [5.74, 6) is 0.249. The van der Waals surface area contributed by atoms with Crippen LogP contribution >= 0.6 is 0 Å². The van der Waals surface area contributed by atoms with Gasteiger partial charge < -0.3 is 10.4 Å². The van der Waals surface area contributed by atoms with E-state index in [4.69, 9.17) is 5.11 Å². The molecule has 0 aliphatic rings. The summed E-state index contributed by atoms with van der Waals surface area (Å²) in [6.45, 7) is 4.17. The van der Waals surface area contributed by atoms with Gasteiger partial charge in [-0.3, -0.25) is 9.89 Å². The van der Waals surface area contributed by atoms with Crippen LogP contribution in [0.15, 0.2) is 30.3 Å². The number of aromatic nitrogens is 2. The number of aliphatic hydroxyl groups is 1. The Hall–Kier alpha value is -2.14. The van der Waals surface area contributed by atoms with E-state index in [1.165, 1.54) is 0 Å². The Bertz CT molecular complexity index is 590. The van der Waals surface area contributed by atoms with Gasteiger partial charge in [0.2, 0.25) is 0 Å². The van der Waals surface area contributed by atoms with E-state index in [-0.39, 0.29) is 12.5 Å². The van der Waals surface area contributed by atoms with Crippen molar-refractivity contribution < 1.29 is 9.90 Å². The van der Waals surface area contributed by atoms with E-state index >= 15 is 0 Å². The average molecular weight is 273 g/mol. The first-order chi connectivity index (χ1) is 9.58. The first-order valence-corrected chi connectivity index (χ1v) is 6.64. The summed E-state index contributed by atoms with van der Waals surface area (Å²) in [7, 11) is 0. The number of hydrogen-bond donors (Lipinski definition) is 3. The summed E-state index contributed by atoms with van der Waals surface area (Å²) in [6.07, 6.45) is 0.861. The van der Waals surface area contributed by atoms with Crippen LogP contribution in [0.5, 0.6) is 0 Å². The Balaban J connectivity index is 2.05. The number of carbonyl (C=O) groups excluding carboxylic acids is 1. The number of anilines is 1. The quantitative estimate of drug-likeness (QED) is 0.782. The molecule has 20 heavy (non-hydrogen) atoms. The van der Waals surface area contributed by atoms with E-state index in [9.17, 15) is 4.79 Å². The molecule has 0 aliphatic heterocycles. The molecule has 0 atom stereocenters. The Morgan fingerprint density at radius 3 is 2.90 bits per heavy atom. The van der Waals surface area contributed by atoms with Gasteiger partial charge in [0.25, 0.3) is 5.91 Å². The highest BCUT2D eigenvalue weighted by Crippen LogP contribution is 2.13. The molecule has 106 valence electrons. The number of amides is 1. The molecule has 0 aliphatic carbocycles. The summed E-state index contributed by atoms with van der Waals surface area (Å²) in [5, 5.41) is 18.7. The SMILES string of the molecule is CC(C)Cc1cc(C(=O)Nc2cccc(CO)c2)n[nH]1. The van der Waals surface area contributed by atoms with Crippen molar-refractivity contribution in [2.24, 2.45) is 5.92 Å². The first kappa shape index (κ1) is 14.3. The Labute approximate surface area is 118 Å². The number of H-pyrrole nitrogens is 1. The standard InChI is InChI=1S/C15H19N3O2/c1-10(2)6-13-8-14(18-17-13)15(20)16-12-5-3-4-11(7-12)9-19/h3-5,7-8,10,19H,6,9H2,1-2H3,(H,16,20)(H,17,18). The maximum Gasteiger partial charge on any atom is 0.276 e. The molecule has 0 fully saturated rings. The minimum absolute atomic E-state index is 0.0509. The average Bonchev–Trinajstić information content (AvgIpc) is 2.86. The van der Waals surface area contributed by atoms with E-state index in [0.717, 1.165) is 17.7 Å². The van der Waals surface area contributed by atoms with Gasteiger partial charge >= 0.3 is 0 Å².